The van der Waals surface area contributed by atoms with Crippen LogP contribution in [0.4, 0.5) is 0 Å². The lowest BCUT2D eigenvalue weighted by molar-refractivity contribution is 0.317. The summed E-state index contributed by atoms with van der Waals surface area (Å²) in [6, 6.07) is 8.25. The predicted octanol–water partition coefficient (Wildman–Crippen LogP) is 2.81. The van der Waals surface area contributed by atoms with Gasteiger partial charge in [-0.05, 0) is 31.0 Å². The molecular weight excluding hydrogens is 250 g/mol. The summed E-state index contributed by atoms with van der Waals surface area (Å²) in [7, 11) is 1.97. The molecule has 2 aromatic rings. The molecule has 4 heteroatoms. The third-order valence-electron chi connectivity index (χ3n) is 3.35. The Labute approximate surface area is 120 Å². The van der Waals surface area contributed by atoms with Crippen molar-refractivity contribution >= 4 is 0 Å². The van der Waals surface area contributed by atoms with Crippen LogP contribution in [0.5, 0.6) is 5.75 Å². The Morgan fingerprint density at radius 1 is 1.30 bits per heavy atom. The summed E-state index contributed by atoms with van der Waals surface area (Å²) in [5.74, 6) is 0.948. The van der Waals surface area contributed by atoms with E-state index in [1.165, 1.54) is 16.8 Å². The summed E-state index contributed by atoms with van der Waals surface area (Å²) in [6.45, 7) is 6.63. The van der Waals surface area contributed by atoms with E-state index < -0.39 is 0 Å². The van der Waals surface area contributed by atoms with Crippen molar-refractivity contribution in [3.8, 4) is 5.75 Å². The maximum Gasteiger partial charge on any atom is 0.119 e. The second kappa shape index (κ2) is 7.10. The zero-order valence-electron chi connectivity index (χ0n) is 12.5. The Morgan fingerprint density at radius 3 is 2.85 bits per heavy atom. The van der Waals surface area contributed by atoms with Crippen molar-refractivity contribution in [2.75, 3.05) is 6.61 Å². The number of nitrogens with one attached hydrogen (secondary N) is 1. The predicted molar refractivity (Wildman–Crippen MR) is 80.7 cm³/mol. The molecule has 108 valence electrons. The number of nitrogens with zero attached hydrogens (tertiary/aromatic N) is 2. The van der Waals surface area contributed by atoms with Crippen LogP contribution in [0.3, 0.4) is 0 Å². The van der Waals surface area contributed by atoms with Gasteiger partial charge in [0.1, 0.15) is 5.75 Å². The van der Waals surface area contributed by atoms with Crippen LogP contribution in [-0.4, -0.2) is 16.4 Å². The first kappa shape index (κ1) is 14.6. The van der Waals surface area contributed by atoms with Crippen molar-refractivity contribution in [3.63, 3.8) is 0 Å². The van der Waals surface area contributed by atoms with Gasteiger partial charge in [0.15, 0.2) is 0 Å². The second-order valence-corrected chi connectivity index (χ2v) is 4.98. The van der Waals surface area contributed by atoms with Crippen molar-refractivity contribution in [2.24, 2.45) is 7.05 Å². The summed E-state index contributed by atoms with van der Waals surface area (Å²) < 4.78 is 7.54. The minimum atomic E-state index is 0.770. The van der Waals surface area contributed by atoms with Gasteiger partial charge in [-0.3, -0.25) is 4.68 Å². The summed E-state index contributed by atoms with van der Waals surface area (Å²) in [6.07, 6.45) is 2.95. The molecule has 0 aliphatic carbocycles. The second-order valence-electron chi connectivity index (χ2n) is 4.98. The molecule has 20 heavy (non-hydrogen) atoms. The molecule has 1 aromatic carbocycles. The molecule has 2 rings (SSSR count). The van der Waals surface area contributed by atoms with Crippen molar-refractivity contribution in [2.45, 2.75) is 33.4 Å². The van der Waals surface area contributed by atoms with E-state index in [1.807, 2.05) is 30.1 Å². The number of aromatic nitrogens is 2. The molecule has 0 radical (unpaired) electrons. The molecule has 1 aromatic heterocycles. The Morgan fingerprint density at radius 2 is 2.15 bits per heavy atom. The summed E-state index contributed by atoms with van der Waals surface area (Å²) in [4.78, 5) is 0. The van der Waals surface area contributed by atoms with Gasteiger partial charge >= 0.3 is 0 Å². The topological polar surface area (TPSA) is 39.1 Å². The van der Waals surface area contributed by atoms with Crippen LogP contribution in [0.2, 0.25) is 0 Å². The minimum Gasteiger partial charge on any atom is -0.494 e. The average Bonchev–Trinajstić information content (AvgIpc) is 2.78. The molecule has 0 saturated carbocycles. The molecule has 0 unspecified atom stereocenters. The molecule has 0 amide bonds. The van der Waals surface area contributed by atoms with Gasteiger partial charge in [0, 0.05) is 31.4 Å². The Balaban J connectivity index is 1.86. The van der Waals surface area contributed by atoms with Crippen molar-refractivity contribution in [3.05, 3.63) is 47.3 Å². The number of benzene rings is 1. The number of hydrogen-bond donors (Lipinski definition) is 1. The summed E-state index contributed by atoms with van der Waals surface area (Å²) in [5, 5.41) is 7.69. The molecule has 0 aliphatic rings. The van der Waals surface area contributed by atoms with Crippen LogP contribution in [0.25, 0.3) is 0 Å². The maximum atomic E-state index is 5.64. The molecule has 4 nitrogen and oxygen atoms in total. The SMILES string of the molecule is CCCOc1cccc(CNCc2cnn(C)c2C)c1. The van der Waals surface area contributed by atoms with Crippen LogP contribution in [0, 0.1) is 6.92 Å². The molecule has 1 N–H and O–H groups in total. The third kappa shape index (κ3) is 3.84. The molecule has 0 bridgehead atoms. The van der Waals surface area contributed by atoms with E-state index in [0.717, 1.165) is 31.9 Å². The van der Waals surface area contributed by atoms with E-state index in [4.69, 9.17) is 4.74 Å². The maximum absolute atomic E-state index is 5.64. The highest BCUT2D eigenvalue weighted by Gasteiger charge is 2.03. The first-order chi connectivity index (χ1) is 9.70. The van der Waals surface area contributed by atoms with Gasteiger partial charge in [0.2, 0.25) is 0 Å². The van der Waals surface area contributed by atoms with E-state index in [9.17, 15) is 0 Å². The van der Waals surface area contributed by atoms with Gasteiger partial charge in [0.05, 0.1) is 12.8 Å². The van der Waals surface area contributed by atoms with Crippen molar-refractivity contribution in [1.82, 2.24) is 15.1 Å². The van der Waals surface area contributed by atoms with Crippen molar-refractivity contribution in [1.29, 1.82) is 0 Å². The Kier molecular flexibility index (Phi) is 5.18. The quantitative estimate of drug-likeness (QED) is 0.843. The highest BCUT2D eigenvalue weighted by atomic mass is 16.5. The van der Waals surface area contributed by atoms with Crippen LogP contribution in [0.15, 0.2) is 30.5 Å². The lowest BCUT2D eigenvalue weighted by Crippen LogP contribution is -2.13. The summed E-state index contributed by atoms with van der Waals surface area (Å²) >= 11 is 0. The molecule has 1 heterocycles. The largest absolute Gasteiger partial charge is 0.494 e. The highest BCUT2D eigenvalue weighted by Crippen LogP contribution is 2.14. The number of ether oxygens (including phenoxy) is 1. The van der Waals surface area contributed by atoms with Gasteiger partial charge in [-0.15, -0.1) is 0 Å². The van der Waals surface area contributed by atoms with Crippen LogP contribution in [-0.2, 0) is 20.1 Å². The standard InChI is InChI=1S/C16H23N3O/c1-4-8-20-16-7-5-6-14(9-16)10-17-11-15-12-18-19(3)13(15)2/h5-7,9,12,17H,4,8,10-11H2,1-3H3. The van der Waals surface area contributed by atoms with Crippen molar-refractivity contribution < 1.29 is 4.74 Å². The minimum absolute atomic E-state index is 0.770. The lowest BCUT2D eigenvalue weighted by Gasteiger charge is -2.08. The van der Waals surface area contributed by atoms with Gasteiger partial charge in [0.25, 0.3) is 0 Å². The van der Waals surface area contributed by atoms with Crippen LogP contribution >= 0.6 is 0 Å². The Hall–Kier alpha value is -1.81. The highest BCUT2D eigenvalue weighted by molar-refractivity contribution is 5.28. The van der Waals surface area contributed by atoms with E-state index in [0.29, 0.717) is 0 Å². The lowest BCUT2D eigenvalue weighted by atomic mass is 10.2. The smallest absolute Gasteiger partial charge is 0.119 e. The molecule has 0 aliphatic heterocycles. The van der Waals surface area contributed by atoms with Gasteiger partial charge in [-0.25, -0.2) is 0 Å². The fraction of sp³-hybridized carbons (Fsp3) is 0.438. The molecular formula is C16H23N3O. The number of rotatable bonds is 7. The number of aryl methyl sites for hydroxylation is 1. The zero-order chi connectivity index (χ0) is 14.4. The fourth-order valence-electron chi connectivity index (χ4n) is 2.02. The van der Waals surface area contributed by atoms with E-state index in [1.54, 1.807) is 0 Å². The molecule has 0 fully saturated rings. The van der Waals surface area contributed by atoms with E-state index in [2.05, 4.69) is 36.4 Å². The van der Waals surface area contributed by atoms with E-state index >= 15 is 0 Å². The normalized spacial score (nSPS) is 10.8. The molecule has 0 spiro atoms. The first-order valence-electron chi connectivity index (χ1n) is 7.10. The first-order valence-corrected chi connectivity index (χ1v) is 7.10. The van der Waals surface area contributed by atoms with Crippen LogP contribution < -0.4 is 10.1 Å². The third-order valence-corrected chi connectivity index (χ3v) is 3.35. The fourth-order valence-corrected chi connectivity index (χ4v) is 2.02. The average molecular weight is 273 g/mol. The van der Waals surface area contributed by atoms with Gasteiger partial charge in [-0.2, -0.15) is 5.10 Å². The van der Waals surface area contributed by atoms with E-state index in [-0.39, 0.29) is 0 Å². The number of hydrogen-bond acceptors (Lipinski definition) is 3. The monoisotopic (exact) mass is 273 g/mol. The molecule has 0 atom stereocenters. The van der Waals surface area contributed by atoms with Gasteiger partial charge in [-0.1, -0.05) is 19.1 Å². The Bertz CT molecular complexity index is 548. The van der Waals surface area contributed by atoms with Crippen LogP contribution in [0.1, 0.15) is 30.2 Å². The summed E-state index contributed by atoms with van der Waals surface area (Å²) in [5.41, 5.74) is 3.68. The van der Waals surface area contributed by atoms with Gasteiger partial charge < -0.3 is 10.1 Å². The molecule has 0 saturated heterocycles. The zero-order valence-corrected chi connectivity index (χ0v) is 12.5.